The summed E-state index contributed by atoms with van der Waals surface area (Å²) in [4.78, 5) is 27.9. The van der Waals surface area contributed by atoms with Crippen molar-refractivity contribution in [2.45, 2.75) is 12.8 Å². The molecule has 6 heteroatoms. The van der Waals surface area contributed by atoms with E-state index in [1.807, 2.05) is 6.07 Å². The summed E-state index contributed by atoms with van der Waals surface area (Å²) in [6, 6.07) is 3.60. The fourth-order valence-corrected chi connectivity index (χ4v) is 2.03. The molecule has 0 aromatic carbocycles. The number of likely N-dealkylation sites (tertiary alicyclic amines) is 1. The van der Waals surface area contributed by atoms with Crippen LogP contribution in [0.25, 0.3) is 0 Å². The van der Waals surface area contributed by atoms with Gasteiger partial charge in [0, 0.05) is 25.7 Å². The molecule has 2 heterocycles. The predicted octanol–water partition coefficient (Wildman–Crippen LogP) is 0.784. The summed E-state index contributed by atoms with van der Waals surface area (Å²) < 4.78 is 5.46. The van der Waals surface area contributed by atoms with Gasteiger partial charge in [0.2, 0.25) is 5.91 Å². The molecule has 1 saturated heterocycles. The fourth-order valence-electron chi connectivity index (χ4n) is 2.03. The third-order valence-electron chi connectivity index (χ3n) is 3.04. The first-order valence-corrected chi connectivity index (χ1v) is 6.20. The van der Waals surface area contributed by atoms with Crippen LogP contribution in [0.2, 0.25) is 0 Å². The van der Waals surface area contributed by atoms with Gasteiger partial charge in [0.25, 0.3) is 0 Å². The number of carboxylic acid groups (broad SMARTS) is 1. The van der Waals surface area contributed by atoms with Crippen LogP contribution in [0.1, 0.15) is 12.8 Å². The molecular weight excluding hydrogens is 248 g/mol. The van der Waals surface area contributed by atoms with Gasteiger partial charge < -0.3 is 14.7 Å². The maximum absolute atomic E-state index is 11.6. The van der Waals surface area contributed by atoms with E-state index < -0.39 is 11.9 Å². The SMILES string of the molecule is O=C(O)[C@@H]1CC(=O)N(CCCOc2cccnc2)C1. The Morgan fingerprint density at radius 1 is 1.58 bits per heavy atom. The van der Waals surface area contributed by atoms with Crippen molar-refractivity contribution >= 4 is 11.9 Å². The molecule has 2 rings (SSSR count). The van der Waals surface area contributed by atoms with Crippen molar-refractivity contribution < 1.29 is 19.4 Å². The number of rotatable bonds is 6. The molecule has 1 aliphatic rings. The summed E-state index contributed by atoms with van der Waals surface area (Å²) in [5.74, 6) is -0.860. The van der Waals surface area contributed by atoms with Crippen LogP contribution >= 0.6 is 0 Å². The summed E-state index contributed by atoms with van der Waals surface area (Å²) in [7, 11) is 0. The summed E-state index contributed by atoms with van der Waals surface area (Å²) in [6.45, 7) is 1.32. The second-order valence-electron chi connectivity index (χ2n) is 4.47. The zero-order valence-corrected chi connectivity index (χ0v) is 10.5. The van der Waals surface area contributed by atoms with Gasteiger partial charge in [-0.3, -0.25) is 14.6 Å². The first-order valence-electron chi connectivity index (χ1n) is 6.20. The molecule has 19 heavy (non-hydrogen) atoms. The monoisotopic (exact) mass is 264 g/mol. The lowest BCUT2D eigenvalue weighted by Gasteiger charge is -2.15. The summed E-state index contributed by atoms with van der Waals surface area (Å²) in [6.07, 6.45) is 4.08. The molecule has 1 amide bonds. The van der Waals surface area contributed by atoms with Crippen LogP contribution in [-0.4, -0.2) is 46.6 Å². The van der Waals surface area contributed by atoms with E-state index in [0.29, 0.717) is 31.9 Å². The normalized spacial score (nSPS) is 18.6. The van der Waals surface area contributed by atoms with Gasteiger partial charge in [0.1, 0.15) is 5.75 Å². The highest BCUT2D eigenvalue weighted by atomic mass is 16.5. The molecule has 0 radical (unpaired) electrons. The smallest absolute Gasteiger partial charge is 0.308 e. The number of carbonyl (C=O) groups is 2. The van der Waals surface area contributed by atoms with Gasteiger partial charge in [-0.1, -0.05) is 0 Å². The molecule has 0 bridgehead atoms. The van der Waals surface area contributed by atoms with Crippen LogP contribution in [-0.2, 0) is 9.59 Å². The van der Waals surface area contributed by atoms with Gasteiger partial charge in [-0.25, -0.2) is 0 Å². The Labute approximate surface area is 111 Å². The van der Waals surface area contributed by atoms with E-state index in [0.717, 1.165) is 0 Å². The minimum Gasteiger partial charge on any atom is -0.492 e. The zero-order chi connectivity index (χ0) is 13.7. The highest BCUT2D eigenvalue weighted by Crippen LogP contribution is 2.18. The van der Waals surface area contributed by atoms with Gasteiger partial charge >= 0.3 is 5.97 Å². The number of carbonyl (C=O) groups excluding carboxylic acids is 1. The second kappa shape index (κ2) is 6.17. The summed E-state index contributed by atoms with van der Waals surface area (Å²) in [5.41, 5.74) is 0. The van der Waals surface area contributed by atoms with Crippen LogP contribution in [0, 0.1) is 5.92 Å². The van der Waals surface area contributed by atoms with Crippen molar-refractivity contribution in [3.05, 3.63) is 24.5 Å². The Kier molecular flexibility index (Phi) is 4.33. The lowest BCUT2D eigenvalue weighted by Crippen LogP contribution is -2.28. The Morgan fingerprint density at radius 3 is 3.05 bits per heavy atom. The number of amides is 1. The number of aliphatic carboxylic acids is 1. The first kappa shape index (κ1) is 13.3. The van der Waals surface area contributed by atoms with E-state index in [1.165, 1.54) is 0 Å². The van der Waals surface area contributed by atoms with Crippen molar-refractivity contribution in [3.63, 3.8) is 0 Å². The number of pyridine rings is 1. The fraction of sp³-hybridized carbons (Fsp3) is 0.462. The molecule has 1 aromatic heterocycles. The Balaban J connectivity index is 1.69. The number of hydrogen-bond donors (Lipinski definition) is 1. The summed E-state index contributed by atoms with van der Waals surface area (Å²) >= 11 is 0. The van der Waals surface area contributed by atoms with Crippen LogP contribution in [0.15, 0.2) is 24.5 Å². The van der Waals surface area contributed by atoms with Crippen molar-refractivity contribution in [1.82, 2.24) is 9.88 Å². The van der Waals surface area contributed by atoms with Gasteiger partial charge in [0.15, 0.2) is 0 Å². The Morgan fingerprint density at radius 2 is 2.42 bits per heavy atom. The largest absolute Gasteiger partial charge is 0.492 e. The molecular formula is C13H16N2O4. The maximum atomic E-state index is 11.6. The summed E-state index contributed by atoms with van der Waals surface area (Å²) in [5, 5.41) is 8.86. The molecule has 1 aromatic rings. The molecule has 0 unspecified atom stereocenters. The van der Waals surface area contributed by atoms with Crippen LogP contribution in [0.5, 0.6) is 5.75 Å². The number of ether oxygens (including phenoxy) is 1. The van der Waals surface area contributed by atoms with Crippen LogP contribution < -0.4 is 4.74 Å². The third-order valence-corrected chi connectivity index (χ3v) is 3.04. The molecule has 6 nitrogen and oxygen atoms in total. The molecule has 1 atom stereocenters. The van der Waals surface area contributed by atoms with Crippen molar-refractivity contribution in [2.24, 2.45) is 5.92 Å². The lowest BCUT2D eigenvalue weighted by molar-refractivity contribution is -0.141. The van der Waals surface area contributed by atoms with Crippen molar-refractivity contribution in [3.8, 4) is 5.75 Å². The van der Waals surface area contributed by atoms with Gasteiger partial charge in [-0.15, -0.1) is 0 Å². The highest BCUT2D eigenvalue weighted by Gasteiger charge is 2.33. The van der Waals surface area contributed by atoms with Crippen molar-refractivity contribution in [1.29, 1.82) is 0 Å². The average molecular weight is 264 g/mol. The Bertz CT molecular complexity index is 449. The molecule has 0 aliphatic carbocycles. The van der Waals surface area contributed by atoms with Crippen molar-refractivity contribution in [2.75, 3.05) is 19.7 Å². The van der Waals surface area contributed by atoms with Gasteiger partial charge in [-0.05, 0) is 18.6 Å². The van der Waals surface area contributed by atoms with E-state index in [9.17, 15) is 9.59 Å². The molecule has 0 spiro atoms. The molecule has 0 saturated carbocycles. The number of carboxylic acids is 1. The van der Waals surface area contributed by atoms with E-state index in [2.05, 4.69) is 4.98 Å². The second-order valence-corrected chi connectivity index (χ2v) is 4.47. The number of aromatic nitrogens is 1. The number of hydrogen-bond acceptors (Lipinski definition) is 4. The standard InChI is InChI=1S/C13H16N2O4/c16-12-7-10(13(17)18)9-15(12)5-2-6-19-11-3-1-4-14-8-11/h1,3-4,8,10H,2,5-7,9H2,(H,17,18)/t10-/m1/s1. The van der Waals surface area contributed by atoms with Crippen LogP contribution in [0.3, 0.4) is 0 Å². The predicted molar refractivity (Wildman–Crippen MR) is 66.7 cm³/mol. The average Bonchev–Trinajstić information content (AvgIpc) is 2.78. The molecule has 1 fully saturated rings. The lowest BCUT2D eigenvalue weighted by atomic mass is 10.1. The van der Waals surface area contributed by atoms with E-state index >= 15 is 0 Å². The topological polar surface area (TPSA) is 79.7 Å². The highest BCUT2D eigenvalue weighted by molar-refractivity contribution is 5.86. The van der Waals surface area contributed by atoms with Crippen LogP contribution in [0.4, 0.5) is 0 Å². The number of nitrogens with zero attached hydrogens (tertiary/aromatic N) is 2. The minimum atomic E-state index is -0.901. The van der Waals surface area contributed by atoms with Gasteiger partial charge in [0.05, 0.1) is 18.7 Å². The van der Waals surface area contributed by atoms with E-state index in [-0.39, 0.29) is 12.3 Å². The maximum Gasteiger partial charge on any atom is 0.308 e. The van der Waals surface area contributed by atoms with E-state index in [4.69, 9.17) is 9.84 Å². The molecule has 1 N–H and O–H groups in total. The van der Waals surface area contributed by atoms with E-state index in [1.54, 1.807) is 23.4 Å². The zero-order valence-electron chi connectivity index (χ0n) is 10.5. The first-order chi connectivity index (χ1) is 9.16. The molecule has 1 aliphatic heterocycles. The minimum absolute atomic E-state index is 0.0891. The third kappa shape index (κ3) is 3.67. The molecule has 102 valence electrons. The van der Waals surface area contributed by atoms with Gasteiger partial charge in [-0.2, -0.15) is 0 Å². The quantitative estimate of drug-likeness (QED) is 0.768. The Hall–Kier alpha value is -2.11.